The van der Waals surface area contributed by atoms with Gasteiger partial charge in [-0.25, -0.2) is 8.78 Å². The molecule has 2 aromatic rings. The minimum absolute atomic E-state index is 0.126. The monoisotopic (exact) mass is 638 g/mol. The van der Waals surface area contributed by atoms with E-state index in [1.54, 1.807) is 0 Å². The minimum atomic E-state index is -5.17. The zero-order valence-electron chi connectivity index (χ0n) is 26.0. The maximum Gasteiger partial charge on any atom is 0.422 e. The van der Waals surface area contributed by atoms with Crippen LogP contribution in [0.4, 0.5) is 30.7 Å². The summed E-state index contributed by atoms with van der Waals surface area (Å²) in [4.78, 5) is 0. The quantitative estimate of drug-likeness (QED) is 0.121. The summed E-state index contributed by atoms with van der Waals surface area (Å²) in [5, 5.41) is 0. The predicted octanol–water partition coefficient (Wildman–Crippen LogP) is 12.7. The number of halogens is 7. The molecule has 0 saturated heterocycles. The first-order chi connectivity index (χ1) is 21.5. The largest absolute Gasteiger partial charge is 0.432 e. The Hall–Kier alpha value is -2.77. The van der Waals surface area contributed by atoms with Gasteiger partial charge in [0, 0.05) is 0 Å². The summed E-state index contributed by atoms with van der Waals surface area (Å²) in [6, 6.07) is 6.18. The first-order valence-corrected chi connectivity index (χ1v) is 16.5. The number of allylic oxidation sites excluding steroid dienone is 4. The molecule has 0 heterocycles. The Morgan fingerprint density at radius 2 is 1.27 bits per heavy atom. The summed E-state index contributed by atoms with van der Waals surface area (Å²) < 4.78 is 102. The fourth-order valence-corrected chi connectivity index (χ4v) is 6.81. The van der Waals surface area contributed by atoms with Crippen LogP contribution >= 0.6 is 0 Å². The zero-order valence-corrected chi connectivity index (χ0v) is 26.0. The first kappa shape index (κ1) is 35.1. The number of benzene rings is 2. The lowest BCUT2D eigenvalue weighted by Crippen LogP contribution is -2.37. The van der Waals surface area contributed by atoms with E-state index in [-0.39, 0.29) is 16.9 Å². The Morgan fingerprint density at radius 3 is 1.82 bits per heavy atom. The van der Waals surface area contributed by atoms with Gasteiger partial charge in [0.2, 0.25) is 0 Å². The maximum atomic E-state index is 15.1. The van der Waals surface area contributed by atoms with E-state index < -0.39 is 35.4 Å². The molecule has 0 atom stereocenters. The standard InChI is InChI=1S/C37H45F7O/c1-2-3-4-5-6-7-8-9-26-10-12-27(13-11-26)14-15-28-16-20-31(21-17-28)37(43,44)45-32-22-18-29(19-23-32)30-24-33(38)35(34(39)25-30)36(40,41)42/h2-3,14-15,18-19,22-28,31H,4-13,16-17,20-21H2,1H3/b3-2+,15-14+. The van der Waals surface area contributed by atoms with E-state index in [9.17, 15) is 22.0 Å². The van der Waals surface area contributed by atoms with Gasteiger partial charge >= 0.3 is 12.3 Å². The molecule has 2 aliphatic carbocycles. The summed E-state index contributed by atoms with van der Waals surface area (Å²) in [6.45, 7) is 2.07. The van der Waals surface area contributed by atoms with Crippen molar-refractivity contribution < 1.29 is 35.5 Å². The maximum absolute atomic E-state index is 15.1. The summed E-state index contributed by atoms with van der Waals surface area (Å²) in [6.07, 6.45) is 15.2. The minimum Gasteiger partial charge on any atom is -0.432 e. The van der Waals surface area contributed by atoms with Crippen LogP contribution in [0, 0.1) is 35.3 Å². The third-order valence-electron chi connectivity index (χ3n) is 9.53. The highest BCUT2D eigenvalue weighted by Gasteiger charge is 2.44. The number of alkyl halides is 5. The Balaban J connectivity index is 1.19. The molecule has 1 nitrogen and oxygen atoms in total. The van der Waals surface area contributed by atoms with E-state index in [2.05, 4.69) is 31.2 Å². The van der Waals surface area contributed by atoms with Gasteiger partial charge in [-0.2, -0.15) is 22.0 Å². The average molecular weight is 639 g/mol. The van der Waals surface area contributed by atoms with E-state index in [0.717, 1.165) is 5.92 Å². The van der Waals surface area contributed by atoms with Crippen LogP contribution in [0.2, 0.25) is 0 Å². The fourth-order valence-electron chi connectivity index (χ4n) is 6.81. The average Bonchev–Trinajstić information content (AvgIpc) is 2.99. The van der Waals surface area contributed by atoms with Crippen molar-refractivity contribution in [3.05, 3.63) is 77.9 Å². The van der Waals surface area contributed by atoms with Gasteiger partial charge in [-0.05, 0) is 124 Å². The topological polar surface area (TPSA) is 9.23 Å². The smallest absolute Gasteiger partial charge is 0.422 e. The molecule has 0 bridgehead atoms. The first-order valence-electron chi connectivity index (χ1n) is 16.5. The van der Waals surface area contributed by atoms with Crippen molar-refractivity contribution in [3.8, 4) is 16.9 Å². The second-order valence-corrected chi connectivity index (χ2v) is 12.8. The van der Waals surface area contributed by atoms with Crippen LogP contribution in [0.3, 0.4) is 0 Å². The molecule has 0 radical (unpaired) electrons. The number of rotatable bonds is 13. The van der Waals surface area contributed by atoms with Crippen LogP contribution in [0.25, 0.3) is 11.1 Å². The number of unbranched alkanes of at least 4 members (excludes halogenated alkanes) is 4. The van der Waals surface area contributed by atoms with Gasteiger partial charge in [0.1, 0.15) is 22.9 Å². The van der Waals surface area contributed by atoms with Crippen LogP contribution in [0.15, 0.2) is 60.7 Å². The molecule has 4 rings (SSSR count). The zero-order chi connectivity index (χ0) is 32.5. The Morgan fingerprint density at radius 1 is 0.711 bits per heavy atom. The molecule has 0 aliphatic heterocycles. The van der Waals surface area contributed by atoms with E-state index in [1.807, 2.05) is 0 Å². The van der Waals surface area contributed by atoms with Crippen LogP contribution in [-0.2, 0) is 6.18 Å². The van der Waals surface area contributed by atoms with Gasteiger partial charge in [0.15, 0.2) is 0 Å². The van der Waals surface area contributed by atoms with E-state index in [4.69, 9.17) is 4.74 Å². The second-order valence-electron chi connectivity index (χ2n) is 12.8. The van der Waals surface area contributed by atoms with Gasteiger partial charge in [0.05, 0.1) is 5.92 Å². The second kappa shape index (κ2) is 16.2. The summed E-state index contributed by atoms with van der Waals surface area (Å²) >= 11 is 0. The molecule has 248 valence electrons. The number of ether oxygens (including phenoxy) is 1. The fraction of sp³-hybridized carbons (Fsp3) is 0.568. The number of hydrogen-bond donors (Lipinski definition) is 0. The van der Waals surface area contributed by atoms with Crippen molar-refractivity contribution in [2.45, 2.75) is 109 Å². The molecule has 8 heteroatoms. The molecule has 2 aliphatic rings. The highest BCUT2D eigenvalue weighted by Crippen LogP contribution is 2.42. The van der Waals surface area contributed by atoms with Crippen LogP contribution in [-0.4, -0.2) is 6.11 Å². The Kier molecular flexibility index (Phi) is 12.6. The molecule has 0 N–H and O–H groups in total. The number of hydrogen-bond acceptors (Lipinski definition) is 1. The molecule has 2 aromatic carbocycles. The molecule has 2 saturated carbocycles. The van der Waals surface area contributed by atoms with Crippen molar-refractivity contribution in [1.82, 2.24) is 0 Å². The molecule has 45 heavy (non-hydrogen) atoms. The summed E-state index contributed by atoms with van der Waals surface area (Å²) in [5.41, 5.74) is -1.94. The van der Waals surface area contributed by atoms with Crippen molar-refractivity contribution in [1.29, 1.82) is 0 Å². The summed E-state index contributed by atoms with van der Waals surface area (Å²) in [5.74, 6) is -2.82. The molecule has 0 unspecified atom stereocenters. The van der Waals surface area contributed by atoms with Gasteiger partial charge in [-0.15, -0.1) is 0 Å². The predicted molar refractivity (Wildman–Crippen MR) is 165 cm³/mol. The Labute approximate surface area is 262 Å². The van der Waals surface area contributed by atoms with Gasteiger partial charge in [0.25, 0.3) is 0 Å². The summed E-state index contributed by atoms with van der Waals surface area (Å²) in [7, 11) is 0. The van der Waals surface area contributed by atoms with Crippen molar-refractivity contribution in [2.75, 3.05) is 0 Å². The van der Waals surface area contributed by atoms with Crippen LogP contribution < -0.4 is 4.74 Å². The molecular weight excluding hydrogens is 593 g/mol. The molecule has 0 amide bonds. The van der Waals surface area contributed by atoms with Crippen molar-refractivity contribution in [3.63, 3.8) is 0 Å². The molecule has 0 spiro atoms. The molecule has 2 fully saturated rings. The molecule has 0 aromatic heterocycles. The Bertz CT molecular complexity index is 1230. The third kappa shape index (κ3) is 10.4. The van der Waals surface area contributed by atoms with Gasteiger partial charge in [-0.3, -0.25) is 0 Å². The lowest BCUT2D eigenvalue weighted by atomic mass is 9.77. The lowest BCUT2D eigenvalue weighted by molar-refractivity contribution is -0.223. The van der Waals surface area contributed by atoms with E-state index in [0.29, 0.717) is 49.7 Å². The van der Waals surface area contributed by atoms with Crippen LogP contribution in [0.1, 0.15) is 102 Å². The SMILES string of the molecule is C/C=C/CCCCCCC1CCC(/C=C/C2CCC(C(F)(F)Oc3ccc(-c4cc(F)c(C(F)(F)F)c(F)c4)cc3)CC2)CC1. The van der Waals surface area contributed by atoms with Gasteiger partial charge in [-0.1, -0.05) is 62.1 Å². The highest BCUT2D eigenvalue weighted by atomic mass is 19.4. The van der Waals surface area contributed by atoms with Gasteiger partial charge < -0.3 is 4.74 Å². The van der Waals surface area contributed by atoms with E-state index >= 15 is 8.78 Å². The lowest BCUT2D eigenvalue weighted by Gasteiger charge is -2.32. The molecular formula is C37H45F7O. The highest BCUT2D eigenvalue weighted by molar-refractivity contribution is 5.65. The van der Waals surface area contributed by atoms with Crippen molar-refractivity contribution >= 4 is 0 Å². The normalized spacial score (nSPS) is 23.2. The third-order valence-corrected chi connectivity index (χ3v) is 9.53. The van der Waals surface area contributed by atoms with E-state index in [1.165, 1.54) is 88.5 Å². The van der Waals surface area contributed by atoms with Crippen LogP contribution in [0.5, 0.6) is 5.75 Å². The van der Waals surface area contributed by atoms with Crippen molar-refractivity contribution in [2.24, 2.45) is 23.7 Å².